The molecule has 0 radical (unpaired) electrons. The van der Waals surface area contributed by atoms with Crippen LogP contribution in [0, 0.1) is 0 Å². The summed E-state index contributed by atoms with van der Waals surface area (Å²) in [6.07, 6.45) is 4.15. The van der Waals surface area contributed by atoms with Crippen molar-refractivity contribution in [2.75, 3.05) is 20.3 Å². The van der Waals surface area contributed by atoms with Crippen LogP contribution in [0.3, 0.4) is 0 Å². The Labute approximate surface area is 127 Å². The lowest BCUT2D eigenvalue weighted by Crippen LogP contribution is -2.44. The number of ether oxygens (including phenoxy) is 2. The Kier molecular flexibility index (Phi) is 5.76. The predicted octanol–water partition coefficient (Wildman–Crippen LogP) is 3.08. The van der Waals surface area contributed by atoms with Gasteiger partial charge in [-0.05, 0) is 32.3 Å². The van der Waals surface area contributed by atoms with E-state index in [1.807, 2.05) is 24.4 Å². The highest BCUT2D eigenvalue weighted by atomic mass is 16.5. The maximum absolute atomic E-state index is 5.62. The average molecular weight is 290 g/mol. The third-order valence-electron chi connectivity index (χ3n) is 4.09. The van der Waals surface area contributed by atoms with Crippen molar-refractivity contribution in [3.05, 3.63) is 35.9 Å². The number of benzene rings is 1. The zero-order valence-corrected chi connectivity index (χ0v) is 13.3. The highest BCUT2D eigenvalue weighted by Crippen LogP contribution is 2.28. The van der Waals surface area contributed by atoms with Crippen LogP contribution in [0.2, 0.25) is 0 Å². The fraction of sp³-hybridized carbons (Fsp3) is 0.588. The van der Waals surface area contributed by atoms with Crippen LogP contribution in [-0.4, -0.2) is 43.1 Å². The SMILES string of the molecule is COC(C)(C)[C@@H]1CCCN1/N=C/COCc1ccccc1. The van der Waals surface area contributed by atoms with Gasteiger partial charge in [-0.25, -0.2) is 0 Å². The van der Waals surface area contributed by atoms with Crippen molar-refractivity contribution < 1.29 is 9.47 Å². The molecule has 1 aliphatic rings. The van der Waals surface area contributed by atoms with E-state index in [-0.39, 0.29) is 5.60 Å². The normalized spacial score (nSPS) is 19.6. The second-order valence-corrected chi connectivity index (χ2v) is 5.93. The van der Waals surface area contributed by atoms with E-state index in [4.69, 9.17) is 9.47 Å². The Morgan fingerprint density at radius 2 is 2.10 bits per heavy atom. The van der Waals surface area contributed by atoms with Crippen molar-refractivity contribution in [3.63, 3.8) is 0 Å². The first-order valence-electron chi connectivity index (χ1n) is 7.59. The molecule has 4 heteroatoms. The fourth-order valence-electron chi connectivity index (χ4n) is 2.67. The van der Waals surface area contributed by atoms with Gasteiger partial charge in [0.05, 0.1) is 31.1 Å². The van der Waals surface area contributed by atoms with Gasteiger partial charge >= 0.3 is 0 Å². The van der Waals surface area contributed by atoms with Crippen LogP contribution in [0.1, 0.15) is 32.3 Å². The van der Waals surface area contributed by atoms with Gasteiger partial charge in [-0.1, -0.05) is 30.3 Å². The van der Waals surface area contributed by atoms with Gasteiger partial charge in [-0.15, -0.1) is 0 Å². The van der Waals surface area contributed by atoms with E-state index in [9.17, 15) is 0 Å². The molecule has 1 heterocycles. The molecule has 2 rings (SSSR count). The Morgan fingerprint density at radius 1 is 1.33 bits per heavy atom. The molecule has 1 aromatic rings. The van der Waals surface area contributed by atoms with E-state index in [1.54, 1.807) is 7.11 Å². The second kappa shape index (κ2) is 7.57. The van der Waals surface area contributed by atoms with Crippen molar-refractivity contribution in [3.8, 4) is 0 Å². The minimum Gasteiger partial charge on any atom is -0.377 e. The van der Waals surface area contributed by atoms with Crippen LogP contribution in [0.25, 0.3) is 0 Å². The molecule has 1 aromatic carbocycles. The van der Waals surface area contributed by atoms with Crippen LogP contribution in [-0.2, 0) is 16.1 Å². The molecule has 0 aliphatic carbocycles. The van der Waals surface area contributed by atoms with Crippen LogP contribution in [0.15, 0.2) is 35.4 Å². The van der Waals surface area contributed by atoms with Gasteiger partial charge in [0, 0.05) is 13.7 Å². The zero-order chi connectivity index (χ0) is 15.1. The molecule has 116 valence electrons. The Balaban J connectivity index is 1.76. The number of hydrogen-bond donors (Lipinski definition) is 0. The van der Waals surface area contributed by atoms with Crippen LogP contribution >= 0.6 is 0 Å². The maximum Gasteiger partial charge on any atom is 0.0841 e. The first-order valence-corrected chi connectivity index (χ1v) is 7.59. The second-order valence-electron chi connectivity index (χ2n) is 5.93. The van der Waals surface area contributed by atoms with Crippen LogP contribution in [0.4, 0.5) is 0 Å². The summed E-state index contributed by atoms with van der Waals surface area (Å²) in [5.74, 6) is 0. The zero-order valence-electron chi connectivity index (χ0n) is 13.3. The molecule has 21 heavy (non-hydrogen) atoms. The van der Waals surface area contributed by atoms with Gasteiger partial charge < -0.3 is 9.47 Å². The van der Waals surface area contributed by atoms with E-state index < -0.39 is 0 Å². The van der Waals surface area contributed by atoms with Crippen molar-refractivity contribution in [1.82, 2.24) is 5.01 Å². The van der Waals surface area contributed by atoms with Gasteiger partial charge in [0.1, 0.15) is 0 Å². The molecule has 0 unspecified atom stereocenters. The Morgan fingerprint density at radius 3 is 2.81 bits per heavy atom. The lowest BCUT2D eigenvalue weighted by atomic mass is 9.97. The molecule has 0 aromatic heterocycles. The molecule has 1 atom stereocenters. The van der Waals surface area contributed by atoms with Crippen molar-refractivity contribution in [1.29, 1.82) is 0 Å². The van der Waals surface area contributed by atoms with Crippen LogP contribution in [0.5, 0.6) is 0 Å². The van der Waals surface area contributed by atoms with Crippen molar-refractivity contribution in [2.24, 2.45) is 5.10 Å². The van der Waals surface area contributed by atoms with Crippen LogP contribution < -0.4 is 0 Å². The van der Waals surface area contributed by atoms with Gasteiger partial charge in [0.2, 0.25) is 0 Å². The van der Waals surface area contributed by atoms with E-state index in [0.717, 1.165) is 13.0 Å². The molecule has 0 N–H and O–H groups in total. The minimum absolute atomic E-state index is 0.168. The highest BCUT2D eigenvalue weighted by molar-refractivity contribution is 5.58. The summed E-state index contributed by atoms with van der Waals surface area (Å²) >= 11 is 0. The first-order chi connectivity index (χ1) is 10.1. The quantitative estimate of drug-likeness (QED) is 0.571. The summed E-state index contributed by atoms with van der Waals surface area (Å²) in [5.41, 5.74) is 1.02. The molecule has 1 saturated heterocycles. The third-order valence-corrected chi connectivity index (χ3v) is 4.09. The van der Waals surface area contributed by atoms with E-state index in [1.165, 1.54) is 12.0 Å². The first kappa shape index (κ1) is 16.0. The Bertz CT molecular complexity index is 445. The summed E-state index contributed by atoms with van der Waals surface area (Å²) in [5, 5.41) is 6.69. The minimum atomic E-state index is -0.168. The summed E-state index contributed by atoms with van der Waals surface area (Å²) in [4.78, 5) is 0. The number of hydrazone groups is 1. The van der Waals surface area contributed by atoms with E-state index >= 15 is 0 Å². The summed E-state index contributed by atoms with van der Waals surface area (Å²) in [6, 6.07) is 10.5. The lowest BCUT2D eigenvalue weighted by Gasteiger charge is -2.35. The summed E-state index contributed by atoms with van der Waals surface area (Å²) < 4.78 is 11.2. The average Bonchev–Trinajstić information content (AvgIpc) is 2.97. The van der Waals surface area contributed by atoms with Gasteiger partial charge in [-0.3, -0.25) is 5.01 Å². The van der Waals surface area contributed by atoms with Crippen molar-refractivity contribution >= 4 is 6.21 Å². The van der Waals surface area contributed by atoms with E-state index in [0.29, 0.717) is 19.3 Å². The molecular formula is C17H26N2O2. The fourth-order valence-corrected chi connectivity index (χ4v) is 2.67. The standard InChI is InChI=1S/C17H26N2O2/c1-17(2,20-3)16-10-7-12-19(16)18-11-13-21-14-15-8-5-4-6-9-15/h4-6,8-9,11,16H,7,10,12-14H2,1-3H3/b18-11+/t16-/m0/s1. The van der Waals surface area contributed by atoms with Gasteiger partial charge in [0.15, 0.2) is 0 Å². The number of methoxy groups -OCH3 is 1. The molecule has 0 saturated carbocycles. The molecule has 1 fully saturated rings. The predicted molar refractivity (Wildman–Crippen MR) is 85.4 cm³/mol. The maximum atomic E-state index is 5.62. The highest BCUT2D eigenvalue weighted by Gasteiger charge is 2.37. The molecule has 0 bridgehead atoms. The third kappa shape index (κ3) is 4.55. The molecule has 0 spiro atoms. The molecule has 1 aliphatic heterocycles. The van der Waals surface area contributed by atoms with Gasteiger partial charge in [0.25, 0.3) is 0 Å². The Hall–Kier alpha value is -1.39. The summed E-state index contributed by atoms with van der Waals surface area (Å²) in [6.45, 7) is 6.40. The topological polar surface area (TPSA) is 34.1 Å². The number of nitrogens with zero attached hydrogens (tertiary/aromatic N) is 2. The molecule has 4 nitrogen and oxygen atoms in total. The number of rotatable bonds is 7. The largest absolute Gasteiger partial charge is 0.377 e. The molecule has 0 amide bonds. The monoisotopic (exact) mass is 290 g/mol. The number of hydrogen-bond acceptors (Lipinski definition) is 4. The van der Waals surface area contributed by atoms with E-state index in [2.05, 4.69) is 36.1 Å². The lowest BCUT2D eigenvalue weighted by molar-refractivity contribution is -0.0395. The molecular weight excluding hydrogens is 264 g/mol. The van der Waals surface area contributed by atoms with Gasteiger partial charge in [-0.2, -0.15) is 5.10 Å². The smallest absolute Gasteiger partial charge is 0.0841 e. The van der Waals surface area contributed by atoms with Crippen molar-refractivity contribution in [2.45, 2.75) is 44.9 Å². The summed E-state index contributed by atoms with van der Waals surface area (Å²) in [7, 11) is 1.77.